The number of unbranched alkanes of at least 4 members (excludes halogenated alkanes) is 3. The fourth-order valence-electron chi connectivity index (χ4n) is 2.50. The van der Waals surface area contributed by atoms with Gasteiger partial charge in [0.2, 0.25) is 0 Å². The van der Waals surface area contributed by atoms with Crippen molar-refractivity contribution in [2.45, 2.75) is 43.9 Å². The van der Waals surface area contributed by atoms with Gasteiger partial charge in [0.15, 0.2) is 0 Å². The molecular formula is C18H21KO5S. The molecule has 0 aliphatic carbocycles. The van der Waals surface area contributed by atoms with Crippen LogP contribution in [0.5, 0.6) is 17.2 Å². The van der Waals surface area contributed by atoms with Crippen LogP contribution in [0.15, 0.2) is 47.4 Å². The molecule has 2 rings (SSSR count). The number of hydrogen-bond acceptors (Lipinski definition) is 4. The fourth-order valence-corrected chi connectivity index (χ4v) is 3.19. The molecule has 0 aromatic heterocycles. The first kappa shape index (κ1) is 22.6. The Balaban J connectivity index is 0.00000312. The molecule has 0 saturated heterocycles. The predicted molar refractivity (Wildman–Crippen MR) is 90.1 cm³/mol. The summed E-state index contributed by atoms with van der Waals surface area (Å²) in [5.41, 5.74) is 0.936. The zero-order valence-corrected chi connectivity index (χ0v) is 18.5. The van der Waals surface area contributed by atoms with E-state index in [1.165, 1.54) is 12.1 Å². The zero-order valence-electron chi connectivity index (χ0n) is 14.6. The first-order valence-corrected chi connectivity index (χ1v) is 9.40. The van der Waals surface area contributed by atoms with Crippen molar-refractivity contribution in [1.82, 2.24) is 0 Å². The molecule has 0 spiro atoms. The molecule has 2 aromatic rings. The van der Waals surface area contributed by atoms with Gasteiger partial charge < -0.3 is 9.84 Å². The minimum absolute atomic E-state index is 0. The molecule has 0 aliphatic heterocycles. The topological polar surface area (TPSA) is 86.7 Å². The summed E-state index contributed by atoms with van der Waals surface area (Å²) < 4.78 is 37.9. The molecule has 0 atom stereocenters. The largest absolute Gasteiger partial charge is 1.00 e. The molecule has 0 heterocycles. The maximum absolute atomic E-state index is 11.8. The summed E-state index contributed by atoms with van der Waals surface area (Å²) in [6.07, 6.45) is 5.22. The van der Waals surface area contributed by atoms with E-state index in [9.17, 15) is 18.1 Å². The number of ether oxygens (including phenoxy) is 1. The second-order valence-corrected chi connectivity index (χ2v) is 6.94. The minimum atomic E-state index is -4.66. The molecule has 0 unspecified atom stereocenters. The minimum Gasteiger partial charge on any atom is -0.871 e. The Morgan fingerprint density at radius 3 is 2.36 bits per heavy atom. The third-order valence-electron chi connectivity index (χ3n) is 3.69. The van der Waals surface area contributed by atoms with Crippen LogP contribution in [0.25, 0.3) is 0 Å². The van der Waals surface area contributed by atoms with Gasteiger partial charge in [-0.15, -0.1) is 0 Å². The molecule has 2 aromatic carbocycles. The van der Waals surface area contributed by atoms with E-state index < -0.39 is 20.8 Å². The second kappa shape index (κ2) is 10.7. The molecule has 0 amide bonds. The van der Waals surface area contributed by atoms with Crippen LogP contribution in [0, 0.1) is 0 Å². The molecule has 130 valence electrons. The van der Waals surface area contributed by atoms with E-state index in [1.807, 2.05) is 12.1 Å². The van der Waals surface area contributed by atoms with Gasteiger partial charge in [-0.2, -0.15) is 8.42 Å². The van der Waals surface area contributed by atoms with Gasteiger partial charge in [0.1, 0.15) is 16.4 Å². The van der Waals surface area contributed by atoms with Crippen molar-refractivity contribution < 1.29 is 74.2 Å². The summed E-state index contributed by atoms with van der Waals surface area (Å²) in [5.74, 6) is -0.467. The van der Waals surface area contributed by atoms with Crippen LogP contribution < -0.4 is 61.2 Å². The summed E-state index contributed by atoms with van der Waals surface area (Å²) in [5, 5.41) is 11.8. The maximum Gasteiger partial charge on any atom is 1.00 e. The maximum atomic E-state index is 11.8. The van der Waals surface area contributed by atoms with Crippen LogP contribution >= 0.6 is 0 Å². The standard InChI is InChI=1S/C18H22O5S.K/c1-2-3-4-5-9-14-10-6-7-12-16(14)23-17-13-8-11-15(19)18(17)24(20,21)22;/h6-8,10-13,19H,2-5,9H2,1H3,(H,20,21,22);/q;+1/p-1. The average Bonchev–Trinajstić information content (AvgIpc) is 2.52. The van der Waals surface area contributed by atoms with Crippen molar-refractivity contribution in [3.8, 4) is 17.2 Å². The normalized spacial score (nSPS) is 11.0. The molecule has 7 heteroatoms. The van der Waals surface area contributed by atoms with Gasteiger partial charge in [0.25, 0.3) is 10.1 Å². The van der Waals surface area contributed by atoms with Crippen molar-refractivity contribution in [3.05, 3.63) is 48.0 Å². The third kappa shape index (κ3) is 6.67. The van der Waals surface area contributed by atoms with Gasteiger partial charge in [0.05, 0.1) is 0 Å². The Hall–Kier alpha value is -0.414. The Kier molecular flexibility index (Phi) is 9.65. The van der Waals surface area contributed by atoms with Crippen molar-refractivity contribution in [2.75, 3.05) is 0 Å². The Morgan fingerprint density at radius 2 is 1.68 bits per heavy atom. The first-order valence-electron chi connectivity index (χ1n) is 7.96. The second-order valence-electron chi connectivity index (χ2n) is 5.58. The molecule has 0 radical (unpaired) electrons. The smallest absolute Gasteiger partial charge is 0.871 e. The first-order chi connectivity index (χ1) is 11.4. The predicted octanol–water partition coefficient (Wildman–Crippen LogP) is 0.926. The van der Waals surface area contributed by atoms with E-state index in [0.717, 1.165) is 43.7 Å². The molecule has 1 N–H and O–H groups in total. The van der Waals surface area contributed by atoms with Crippen LogP contribution in [0.3, 0.4) is 0 Å². The van der Waals surface area contributed by atoms with Crippen LogP contribution in [0.2, 0.25) is 0 Å². The van der Waals surface area contributed by atoms with E-state index in [-0.39, 0.29) is 57.1 Å². The van der Waals surface area contributed by atoms with Gasteiger partial charge in [-0.3, -0.25) is 4.55 Å². The van der Waals surface area contributed by atoms with Crippen LogP contribution in [0.1, 0.15) is 38.2 Å². The molecule has 25 heavy (non-hydrogen) atoms. The molecule has 5 nitrogen and oxygen atoms in total. The zero-order chi connectivity index (χ0) is 17.6. The Bertz CT molecular complexity index is 790. The molecule has 0 bridgehead atoms. The van der Waals surface area contributed by atoms with Crippen molar-refractivity contribution in [3.63, 3.8) is 0 Å². The number of benzene rings is 2. The summed E-state index contributed by atoms with van der Waals surface area (Å²) in [6.45, 7) is 2.14. The van der Waals surface area contributed by atoms with E-state index in [1.54, 1.807) is 12.1 Å². The Morgan fingerprint density at radius 1 is 1.00 bits per heavy atom. The SMILES string of the molecule is CCCCCCc1ccccc1Oc1cccc([O-])c1S(=O)(=O)O.[K+]. The monoisotopic (exact) mass is 388 g/mol. The summed E-state index contributed by atoms with van der Waals surface area (Å²) >= 11 is 0. The molecular weight excluding hydrogens is 367 g/mol. The van der Waals surface area contributed by atoms with Gasteiger partial charge in [-0.1, -0.05) is 62.3 Å². The van der Waals surface area contributed by atoms with Crippen LogP contribution in [-0.4, -0.2) is 13.0 Å². The quantitative estimate of drug-likeness (QED) is 0.413. The number of para-hydroxylation sites is 1. The van der Waals surface area contributed by atoms with Crippen LogP contribution in [-0.2, 0) is 16.5 Å². The van der Waals surface area contributed by atoms with Crippen molar-refractivity contribution in [1.29, 1.82) is 0 Å². The van der Waals surface area contributed by atoms with Gasteiger partial charge >= 0.3 is 51.4 Å². The summed E-state index contributed by atoms with van der Waals surface area (Å²) in [6, 6.07) is 11.1. The summed E-state index contributed by atoms with van der Waals surface area (Å²) in [7, 11) is -4.66. The summed E-state index contributed by atoms with van der Waals surface area (Å²) in [4.78, 5) is -0.731. The van der Waals surface area contributed by atoms with E-state index in [2.05, 4.69) is 6.92 Å². The fraction of sp³-hybridized carbons (Fsp3) is 0.333. The van der Waals surface area contributed by atoms with Crippen molar-refractivity contribution >= 4 is 10.1 Å². The molecule has 0 fully saturated rings. The van der Waals surface area contributed by atoms with Gasteiger partial charge in [-0.25, -0.2) is 0 Å². The number of aryl methyl sites for hydroxylation is 1. The Labute approximate surface area is 191 Å². The number of hydrogen-bond donors (Lipinski definition) is 1. The third-order valence-corrected chi connectivity index (χ3v) is 4.61. The van der Waals surface area contributed by atoms with E-state index in [4.69, 9.17) is 4.74 Å². The van der Waals surface area contributed by atoms with Gasteiger partial charge in [-0.05, 0) is 30.5 Å². The average molecular weight is 389 g/mol. The number of rotatable bonds is 8. The van der Waals surface area contributed by atoms with E-state index in [0.29, 0.717) is 5.75 Å². The van der Waals surface area contributed by atoms with E-state index >= 15 is 0 Å². The van der Waals surface area contributed by atoms with Crippen molar-refractivity contribution in [2.24, 2.45) is 0 Å². The molecule has 0 saturated carbocycles. The molecule has 0 aliphatic rings. The van der Waals surface area contributed by atoms with Crippen LogP contribution in [0.4, 0.5) is 0 Å². The van der Waals surface area contributed by atoms with Gasteiger partial charge in [0, 0.05) is 0 Å².